The fourth-order valence-corrected chi connectivity index (χ4v) is 4.71. The van der Waals surface area contributed by atoms with Gasteiger partial charge in [0, 0.05) is 9.50 Å². The van der Waals surface area contributed by atoms with E-state index in [4.69, 9.17) is 11.6 Å². The lowest BCUT2D eigenvalue weighted by atomic mass is 10.1. The van der Waals surface area contributed by atoms with Crippen LogP contribution >= 0.6 is 27.5 Å². The highest BCUT2D eigenvalue weighted by Crippen LogP contribution is 2.23. The van der Waals surface area contributed by atoms with Crippen molar-refractivity contribution in [2.24, 2.45) is 0 Å². The Morgan fingerprint density at radius 2 is 1.96 bits per heavy atom. The second kappa shape index (κ2) is 7.13. The second-order valence-corrected chi connectivity index (χ2v) is 9.55. The molecule has 2 aromatic carbocycles. The molecular weight excluding hydrogens is 440 g/mol. The Bertz CT molecular complexity index is 1170. The van der Waals surface area contributed by atoms with Crippen molar-refractivity contribution >= 4 is 48.3 Å². The zero-order valence-electron chi connectivity index (χ0n) is 14.2. The van der Waals surface area contributed by atoms with Gasteiger partial charge in [0.1, 0.15) is 0 Å². The smallest absolute Gasteiger partial charge is 0.261 e. The van der Waals surface area contributed by atoms with Gasteiger partial charge in [0.15, 0.2) is 9.84 Å². The summed E-state index contributed by atoms with van der Waals surface area (Å²) in [6.45, 7) is 3.53. The molecular formula is C18H16BrClN2O3S. The van der Waals surface area contributed by atoms with E-state index in [1.54, 1.807) is 19.1 Å². The van der Waals surface area contributed by atoms with Crippen molar-refractivity contribution in [2.45, 2.75) is 25.3 Å². The standard InChI is InChI=1S/C18H16BrClN2O3S/c1-3-26(24,25)16-5-4-14(20)7-12(16)9-22-10-21-17-11(2)6-13(19)8-15(17)18(22)23/h4-8,10H,3,9H2,1-2H3. The summed E-state index contributed by atoms with van der Waals surface area (Å²) >= 11 is 9.44. The fourth-order valence-electron chi connectivity index (χ4n) is 2.83. The van der Waals surface area contributed by atoms with Crippen LogP contribution in [0.2, 0.25) is 5.02 Å². The van der Waals surface area contributed by atoms with Crippen molar-refractivity contribution < 1.29 is 8.42 Å². The summed E-state index contributed by atoms with van der Waals surface area (Å²) in [5, 5.41) is 0.886. The summed E-state index contributed by atoms with van der Waals surface area (Å²) in [5.74, 6) is -0.0291. The van der Waals surface area contributed by atoms with Gasteiger partial charge in [-0.15, -0.1) is 0 Å². The maximum Gasteiger partial charge on any atom is 0.261 e. The first kappa shape index (κ1) is 19.1. The molecule has 8 heteroatoms. The third-order valence-corrected chi connectivity index (χ3v) is 6.68. The lowest BCUT2D eigenvalue weighted by Gasteiger charge is -2.12. The SMILES string of the molecule is CCS(=O)(=O)c1ccc(Cl)cc1Cn1cnc2c(C)cc(Br)cc2c1=O. The number of sulfone groups is 1. The van der Waals surface area contributed by atoms with Crippen LogP contribution in [0.5, 0.6) is 0 Å². The highest BCUT2D eigenvalue weighted by atomic mass is 79.9. The molecule has 26 heavy (non-hydrogen) atoms. The highest BCUT2D eigenvalue weighted by Gasteiger charge is 2.18. The van der Waals surface area contributed by atoms with Crippen LogP contribution in [0.1, 0.15) is 18.1 Å². The minimum Gasteiger partial charge on any atom is -0.294 e. The molecule has 0 aliphatic heterocycles. The van der Waals surface area contributed by atoms with Gasteiger partial charge < -0.3 is 0 Å². The maximum atomic E-state index is 12.9. The molecule has 0 radical (unpaired) electrons. The van der Waals surface area contributed by atoms with Crippen molar-refractivity contribution in [3.63, 3.8) is 0 Å². The van der Waals surface area contributed by atoms with Gasteiger partial charge in [0.2, 0.25) is 0 Å². The molecule has 0 aliphatic rings. The quantitative estimate of drug-likeness (QED) is 0.597. The summed E-state index contributed by atoms with van der Waals surface area (Å²) < 4.78 is 26.9. The summed E-state index contributed by atoms with van der Waals surface area (Å²) in [5.41, 5.74) is 1.74. The Morgan fingerprint density at radius 1 is 1.23 bits per heavy atom. The van der Waals surface area contributed by atoms with Gasteiger partial charge in [-0.05, 0) is 48.4 Å². The molecule has 0 unspecified atom stereocenters. The van der Waals surface area contributed by atoms with E-state index in [1.165, 1.54) is 23.0 Å². The molecule has 3 rings (SSSR count). The first-order chi connectivity index (χ1) is 12.2. The molecule has 5 nitrogen and oxygen atoms in total. The summed E-state index contributed by atoms with van der Waals surface area (Å²) in [4.78, 5) is 17.4. The van der Waals surface area contributed by atoms with Crippen LogP contribution in [0.3, 0.4) is 0 Å². The zero-order chi connectivity index (χ0) is 19.1. The average molecular weight is 456 g/mol. The monoisotopic (exact) mass is 454 g/mol. The zero-order valence-corrected chi connectivity index (χ0v) is 17.3. The van der Waals surface area contributed by atoms with Crippen LogP contribution in [0.25, 0.3) is 10.9 Å². The van der Waals surface area contributed by atoms with Gasteiger partial charge in [-0.1, -0.05) is 34.5 Å². The second-order valence-electron chi connectivity index (χ2n) is 5.95. The van der Waals surface area contributed by atoms with Gasteiger partial charge in [0.25, 0.3) is 5.56 Å². The number of benzene rings is 2. The molecule has 1 heterocycles. The molecule has 3 aromatic rings. The molecule has 0 amide bonds. The molecule has 0 atom stereocenters. The Hall–Kier alpha value is -1.70. The third-order valence-electron chi connectivity index (χ3n) is 4.16. The van der Waals surface area contributed by atoms with Crippen LogP contribution in [0, 0.1) is 6.92 Å². The number of halogens is 2. The van der Waals surface area contributed by atoms with Gasteiger partial charge >= 0.3 is 0 Å². The van der Waals surface area contributed by atoms with E-state index in [0.717, 1.165) is 10.0 Å². The number of fused-ring (bicyclic) bond motifs is 1. The Morgan fingerprint density at radius 3 is 2.65 bits per heavy atom. The van der Waals surface area contributed by atoms with E-state index in [1.807, 2.05) is 13.0 Å². The van der Waals surface area contributed by atoms with Gasteiger partial charge in [-0.25, -0.2) is 13.4 Å². The topological polar surface area (TPSA) is 69.0 Å². The molecule has 0 spiro atoms. The Labute approximate surface area is 164 Å². The molecule has 0 aliphatic carbocycles. The van der Waals surface area contributed by atoms with E-state index in [0.29, 0.717) is 21.5 Å². The molecule has 0 bridgehead atoms. The molecule has 0 N–H and O–H groups in total. The minimum absolute atomic E-state index is 0.0291. The van der Waals surface area contributed by atoms with E-state index in [2.05, 4.69) is 20.9 Å². The van der Waals surface area contributed by atoms with Crippen LogP contribution in [0.4, 0.5) is 0 Å². The van der Waals surface area contributed by atoms with Crippen molar-refractivity contribution in [3.8, 4) is 0 Å². The third kappa shape index (κ3) is 3.56. The first-order valence-corrected chi connectivity index (χ1v) is 10.7. The van der Waals surface area contributed by atoms with Crippen molar-refractivity contribution in [1.82, 2.24) is 9.55 Å². The summed E-state index contributed by atoms with van der Waals surface area (Å²) in [7, 11) is -3.44. The number of aromatic nitrogens is 2. The predicted molar refractivity (Wildman–Crippen MR) is 107 cm³/mol. The van der Waals surface area contributed by atoms with Crippen molar-refractivity contribution in [2.75, 3.05) is 5.75 Å². The van der Waals surface area contributed by atoms with Crippen molar-refractivity contribution in [1.29, 1.82) is 0 Å². The lowest BCUT2D eigenvalue weighted by molar-refractivity contribution is 0.595. The first-order valence-electron chi connectivity index (χ1n) is 7.89. The lowest BCUT2D eigenvalue weighted by Crippen LogP contribution is -2.22. The molecule has 1 aromatic heterocycles. The fraction of sp³-hybridized carbons (Fsp3) is 0.222. The van der Waals surface area contributed by atoms with E-state index in [9.17, 15) is 13.2 Å². The van der Waals surface area contributed by atoms with Crippen molar-refractivity contribution in [3.05, 3.63) is 67.6 Å². The summed E-state index contributed by atoms with van der Waals surface area (Å²) in [6, 6.07) is 8.21. The molecule has 0 saturated carbocycles. The van der Waals surface area contributed by atoms with E-state index >= 15 is 0 Å². The van der Waals surface area contributed by atoms with Gasteiger partial charge in [-0.2, -0.15) is 0 Å². The van der Waals surface area contributed by atoms with E-state index < -0.39 is 9.84 Å². The number of hydrogen-bond donors (Lipinski definition) is 0. The molecule has 0 saturated heterocycles. The predicted octanol–water partition coefficient (Wildman–Crippen LogP) is 3.96. The van der Waals surface area contributed by atoms with Crippen LogP contribution in [-0.2, 0) is 16.4 Å². The largest absolute Gasteiger partial charge is 0.294 e. The average Bonchev–Trinajstić information content (AvgIpc) is 2.57. The van der Waals surface area contributed by atoms with Crippen LogP contribution in [-0.4, -0.2) is 23.7 Å². The number of hydrogen-bond acceptors (Lipinski definition) is 4. The maximum absolute atomic E-state index is 12.9. The highest BCUT2D eigenvalue weighted by molar-refractivity contribution is 9.10. The van der Waals surface area contributed by atoms with Crippen LogP contribution < -0.4 is 5.56 Å². The normalized spacial score (nSPS) is 11.8. The summed E-state index contributed by atoms with van der Waals surface area (Å²) in [6.07, 6.45) is 1.44. The number of nitrogens with zero attached hydrogens (tertiary/aromatic N) is 2. The molecule has 0 fully saturated rings. The Balaban J connectivity index is 2.18. The minimum atomic E-state index is -3.44. The number of rotatable bonds is 4. The van der Waals surface area contributed by atoms with Gasteiger partial charge in [-0.3, -0.25) is 9.36 Å². The van der Waals surface area contributed by atoms with Crippen LogP contribution in [0.15, 0.2) is 50.8 Å². The molecule has 136 valence electrons. The van der Waals surface area contributed by atoms with Gasteiger partial charge in [0.05, 0.1) is 34.4 Å². The Kier molecular flexibility index (Phi) is 5.23. The van der Waals surface area contributed by atoms with E-state index in [-0.39, 0.29) is 22.8 Å². The number of aryl methyl sites for hydroxylation is 1.